The Labute approximate surface area is 151 Å². The number of carbonyl (C=O) groups excluding carboxylic acids is 1. The fraction of sp³-hybridized carbons (Fsp3) is 0.556. The molecule has 1 aliphatic heterocycles. The minimum absolute atomic E-state index is 0.0566. The summed E-state index contributed by atoms with van der Waals surface area (Å²) in [4.78, 5) is 26.2. The molecule has 1 aliphatic rings. The standard InChI is InChI=1S/C18H24F2N2O4/c1-4-18(17(24)25)9-13(16(23)21-10-14(19)20)15(22(18)2)11-5-7-12(26-3)8-6-11/h5-8,13-15H,4,9-10H2,1-3H3,(H,21,23)(H,24,25)/t13-,15-,18-/m1/s1. The highest BCUT2D eigenvalue weighted by molar-refractivity contribution is 5.85. The van der Waals surface area contributed by atoms with E-state index in [1.54, 1.807) is 43.1 Å². The van der Waals surface area contributed by atoms with E-state index in [9.17, 15) is 23.5 Å². The van der Waals surface area contributed by atoms with Gasteiger partial charge in [0.15, 0.2) is 0 Å². The van der Waals surface area contributed by atoms with Crippen LogP contribution in [-0.4, -0.2) is 54.5 Å². The molecule has 0 saturated carbocycles. The molecule has 1 amide bonds. The summed E-state index contributed by atoms with van der Waals surface area (Å²) in [6.45, 7) is 0.996. The molecule has 6 nitrogen and oxygen atoms in total. The number of hydrogen-bond acceptors (Lipinski definition) is 4. The van der Waals surface area contributed by atoms with Crippen molar-refractivity contribution in [1.82, 2.24) is 10.2 Å². The number of rotatable bonds is 7. The molecule has 0 spiro atoms. The van der Waals surface area contributed by atoms with Crippen LogP contribution in [0, 0.1) is 5.92 Å². The van der Waals surface area contributed by atoms with E-state index in [0.29, 0.717) is 12.2 Å². The predicted molar refractivity (Wildman–Crippen MR) is 91.3 cm³/mol. The van der Waals surface area contributed by atoms with E-state index in [0.717, 1.165) is 5.56 Å². The first-order valence-corrected chi connectivity index (χ1v) is 8.43. The SMILES string of the molecule is CC[C@]1(C(=O)O)C[C@@H](C(=O)NCC(F)F)[C@@H](c2ccc(OC)cc2)N1C. The van der Waals surface area contributed by atoms with Crippen LogP contribution in [0.15, 0.2) is 24.3 Å². The monoisotopic (exact) mass is 370 g/mol. The summed E-state index contributed by atoms with van der Waals surface area (Å²) in [5.41, 5.74) is -0.487. The summed E-state index contributed by atoms with van der Waals surface area (Å²) in [5.74, 6) is -1.70. The number of alkyl halides is 2. The Bertz CT molecular complexity index is 653. The van der Waals surface area contributed by atoms with E-state index in [4.69, 9.17) is 4.74 Å². The number of ether oxygens (including phenoxy) is 1. The smallest absolute Gasteiger partial charge is 0.324 e. The van der Waals surface area contributed by atoms with E-state index in [1.807, 2.05) is 0 Å². The van der Waals surface area contributed by atoms with Crippen molar-refractivity contribution in [3.63, 3.8) is 0 Å². The second-order valence-electron chi connectivity index (χ2n) is 6.47. The number of carboxylic acids is 1. The van der Waals surface area contributed by atoms with Gasteiger partial charge in [-0.3, -0.25) is 14.5 Å². The second-order valence-corrected chi connectivity index (χ2v) is 6.47. The lowest BCUT2D eigenvalue weighted by Gasteiger charge is -2.34. The van der Waals surface area contributed by atoms with Crippen molar-refractivity contribution >= 4 is 11.9 Å². The van der Waals surface area contributed by atoms with E-state index >= 15 is 0 Å². The summed E-state index contributed by atoms with van der Waals surface area (Å²) < 4.78 is 30.1. The molecule has 0 radical (unpaired) electrons. The maximum Gasteiger partial charge on any atom is 0.324 e. The summed E-state index contributed by atoms with van der Waals surface area (Å²) in [6.07, 6.45) is -2.31. The van der Waals surface area contributed by atoms with Gasteiger partial charge >= 0.3 is 5.97 Å². The molecule has 26 heavy (non-hydrogen) atoms. The normalized spacial score (nSPS) is 26.1. The van der Waals surface area contributed by atoms with Gasteiger partial charge in [-0.2, -0.15) is 0 Å². The summed E-state index contributed by atoms with van der Waals surface area (Å²) in [6, 6.07) is 6.45. The number of nitrogens with one attached hydrogen (secondary N) is 1. The van der Waals surface area contributed by atoms with Gasteiger partial charge in [-0.05, 0) is 37.6 Å². The molecule has 2 N–H and O–H groups in total. The van der Waals surface area contributed by atoms with Gasteiger partial charge in [-0.1, -0.05) is 19.1 Å². The van der Waals surface area contributed by atoms with Gasteiger partial charge in [0.1, 0.15) is 11.3 Å². The molecule has 0 bridgehead atoms. The number of hydrogen-bond donors (Lipinski definition) is 2. The van der Waals surface area contributed by atoms with Crippen LogP contribution in [-0.2, 0) is 9.59 Å². The number of nitrogens with zero attached hydrogens (tertiary/aromatic N) is 1. The molecule has 1 saturated heterocycles. The Hall–Kier alpha value is -2.22. The number of methoxy groups -OCH3 is 1. The fourth-order valence-corrected chi connectivity index (χ4v) is 3.74. The van der Waals surface area contributed by atoms with Gasteiger partial charge in [0.2, 0.25) is 5.91 Å². The van der Waals surface area contributed by atoms with E-state index in [2.05, 4.69) is 5.32 Å². The molecule has 3 atom stereocenters. The second kappa shape index (κ2) is 7.99. The highest BCUT2D eigenvalue weighted by atomic mass is 19.3. The van der Waals surface area contributed by atoms with Crippen LogP contribution in [0.1, 0.15) is 31.4 Å². The third-order valence-corrected chi connectivity index (χ3v) is 5.24. The largest absolute Gasteiger partial charge is 0.497 e. The Morgan fingerprint density at radius 1 is 1.38 bits per heavy atom. The van der Waals surface area contributed by atoms with Gasteiger partial charge in [0.05, 0.1) is 19.6 Å². The van der Waals surface area contributed by atoms with Gasteiger partial charge in [0, 0.05) is 6.04 Å². The first-order chi connectivity index (χ1) is 12.3. The van der Waals surface area contributed by atoms with Crippen LogP contribution >= 0.6 is 0 Å². The zero-order chi connectivity index (χ0) is 19.5. The van der Waals surface area contributed by atoms with Gasteiger partial charge < -0.3 is 15.2 Å². The maximum atomic E-state index is 12.5. The molecule has 1 fully saturated rings. The van der Waals surface area contributed by atoms with Gasteiger partial charge in [0.25, 0.3) is 6.43 Å². The van der Waals surface area contributed by atoms with Crippen molar-refractivity contribution in [2.24, 2.45) is 5.92 Å². The van der Waals surface area contributed by atoms with Crippen molar-refractivity contribution in [2.75, 3.05) is 20.7 Å². The zero-order valence-electron chi connectivity index (χ0n) is 15.0. The maximum absolute atomic E-state index is 12.5. The number of halogens is 2. The first kappa shape index (κ1) is 20.1. The van der Waals surface area contributed by atoms with Gasteiger partial charge in [-0.25, -0.2) is 8.78 Å². The van der Waals surface area contributed by atoms with Crippen molar-refractivity contribution in [2.45, 2.75) is 37.8 Å². The lowest BCUT2D eigenvalue weighted by atomic mass is 9.87. The minimum atomic E-state index is -2.66. The molecule has 0 aromatic heterocycles. The van der Waals surface area contributed by atoms with Crippen LogP contribution in [0.4, 0.5) is 8.78 Å². The van der Waals surface area contributed by atoms with E-state index in [1.165, 1.54) is 7.11 Å². The Morgan fingerprint density at radius 3 is 2.46 bits per heavy atom. The molecule has 0 unspecified atom stereocenters. The third kappa shape index (κ3) is 3.65. The third-order valence-electron chi connectivity index (χ3n) is 5.24. The lowest BCUT2D eigenvalue weighted by molar-refractivity contribution is -0.150. The molecule has 0 aliphatic carbocycles. The Balaban J connectivity index is 2.40. The average Bonchev–Trinajstić information content (AvgIpc) is 2.93. The van der Waals surface area contributed by atoms with Crippen molar-refractivity contribution in [3.05, 3.63) is 29.8 Å². The van der Waals surface area contributed by atoms with Gasteiger partial charge in [-0.15, -0.1) is 0 Å². The number of likely N-dealkylation sites (tertiary alicyclic amines) is 1. The summed E-state index contributed by atoms with van der Waals surface area (Å²) >= 11 is 0. The number of likely N-dealkylation sites (N-methyl/N-ethyl adjacent to an activating group) is 1. The molecule has 1 aromatic rings. The van der Waals surface area contributed by atoms with E-state index in [-0.39, 0.29) is 6.42 Å². The lowest BCUT2D eigenvalue weighted by Crippen LogP contribution is -2.48. The molecule has 144 valence electrons. The van der Waals surface area contributed by atoms with Crippen molar-refractivity contribution in [3.8, 4) is 5.75 Å². The number of carbonyl (C=O) groups is 2. The molecule has 1 aromatic carbocycles. The van der Waals surface area contributed by atoms with E-state index < -0.39 is 42.3 Å². The fourth-order valence-electron chi connectivity index (χ4n) is 3.74. The average molecular weight is 370 g/mol. The van der Waals surface area contributed by atoms with Crippen molar-refractivity contribution in [1.29, 1.82) is 0 Å². The molecule has 2 rings (SSSR count). The summed E-state index contributed by atoms with van der Waals surface area (Å²) in [7, 11) is 3.19. The predicted octanol–water partition coefficient (Wildman–Crippen LogP) is 2.30. The summed E-state index contributed by atoms with van der Waals surface area (Å²) in [5, 5.41) is 12.0. The molecular weight excluding hydrogens is 346 g/mol. The highest BCUT2D eigenvalue weighted by Crippen LogP contribution is 2.47. The van der Waals surface area contributed by atoms with Crippen LogP contribution < -0.4 is 10.1 Å². The first-order valence-electron chi connectivity index (χ1n) is 8.43. The molecular formula is C18H24F2N2O4. The topological polar surface area (TPSA) is 78.9 Å². The minimum Gasteiger partial charge on any atom is -0.497 e. The quantitative estimate of drug-likeness (QED) is 0.770. The number of carboxylic acid groups (broad SMARTS) is 1. The van der Waals surface area contributed by atoms with Crippen LogP contribution in [0.3, 0.4) is 0 Å². The molecule has 8 heteroatoms. The number of amides is 1. The van der Waals surface area contributed by atoms with Crippen LogP contribution in [0.5, 0.6) is 5.75 Å². The Morgan fingerprint density at radius 2 is 2.00 bits per heavy atom. The van der Waals surface area contributed by atoms with Crippen molar-refractivity contribution < 1.29 is 28.2 Å². The van der Waals surface area contributed by atoms with Crippen LogP contribution in [0.25, 0.3) is 0 Å². The Kier molecular flexibility index (Phi) is 6.17. The molecule has 1 heterocycles. The number of benzene rings is 1. The zero-order valence-corrected chi connectivity index (χ0v) is 15.0. The van der Waals surface area contributed by atoms with Crippen LogP contribution in [0.2, 0.25) is 0 Å². The number of aliphatic carboxylic acids is 1. The highest BCUT2D eigenvalue weighted by Gasteiger charge is 2.56.